The number of nitrogens with zero attached hydrogens (tertiary/aromatic N) is 1. The van der Waals surface area contributed by atoms with Crippen molar-refractivity contribution in [2.75, 3.05) is 33.9 Å². The average Bonchev–Trinajstić information content (AvgIpc) is 1.97. The molecule has 0 spiro atoms. The maximum Gasteiger partial charge on any atom is 0.158 e. The molecule has 0 aliphatic carbocycles. The molecule has 0 aliphatic rings. The molecule has 66 valence electrons. The minimum atomic E-state index is 0.170. The summed E-state index contributed by atoms with van der Waals surface area (Å²) in [7, 11) is 3.95. The molecule has 0 bridgehead atoms. The first-order valence-electron chi connectivity index (χ1n) is 3.91. The van der Waals surface area contributed by atoms with Crippen molar-refractivity contribution in [3.8, 4) is 0 Å². The third-order valence-corrected chi connectivity index (χ3v) is 1.34. The van der Waals surface area contributed by atoms with Gasteiger partial charge in [0, 0.05) is 13.0 Å². The van der Waals surface area contributed by atoms with Crippen LogP contribution in [0.15, 0.2) is 0 Å². The van der Waals surface area contributed by atoms with E-state index >= 15 is 0 Å². The van der Waals surface area contributed by atoms with Crippen molar-refractivity contribution in [3.63, 3.8) is 0 Å². The first-order chi connectivity index (χ1) is 5.16. The molecular formula is C8H17NO2. The number of likely N-dealkylation sites (N-methyl/N-ethyl adjacent to an activating group) is 1. The minimum Gasteiger partial charge on any atom is -0.372 e. The van der Waals surface area contributed by atoms with Crippen molar-refractivity contribution in [3.05, 3.63) is 0 Å². The Hall–Kier alpha value is -0.410. The van der Waals surface area contributed by atoms with Gasteiger partial charge in [0.15, 0.2) is 5.78 Å². The van der Waals surface area contributed by atoms with Crippen molar-refractivity contribution < 1.29 is 9.53 Å². The molecule has 0 heterocycles. The molecule has 0 N–H and O–H groups in total. The van der Waals surface area contributed by atoms with E-state index in [1.165, 1.54) is 0 Å². The van der Waals surface area contributed by atoms with E-state index in [0.29, 0.717) is 13.0 Å². The van der Waals surface area contributed by atoms with Gasteiger partial charge >= 0.3 is 0 Å². The summed E-state index contributed by atoms with van der Waals surface area (Å²) in [5.74, 6) is 0.170. The summed E-state index contributed by atoms with van der Waals surface area (Å²) in [6, 6.07) is 0. The van der Waals surface area contributed by atoms with Crippen molar-refractivity contribution in [1.82, 2.24) is 4.90 Å². The van der Waals surface area contributed by atoms with Crippen LogP contribution in [0.1, 0.15) is 13.3 Å². The second-order valence-corrected chi connectivity index (χ2v) is 2.75. The smallest absolute Gasteiger partial charge is 0.158 e. The van der Waals surface area contributed by atoms with Gasteiger partial charge in [-0.1, -0.05) is 6.92 Å². The fourth-order valence-corrected chi connectivity index (χ4v) is 0.535. The maximum atomic E-state index is 10.7. The molecule has 0 fully saturated rings. The standard InChI is InChI=1S/C8H17NO2/c1-4-8(10)7-11-6-5-9(2)3/h4-7H2,1-3H3. The summed E-state index contributed by atoms with van der Waals surface area (Å²) >= 11 is 0. The molecule has 0 atom stereocenters. The number of Topliss-reactive ketones (excluding diaryl/α,β-unsaturated/α-hetero) is 1. The number of hydrogen-bond donors (Lipinski definition) is 0. The van der Waals surface area contributed by atoms with E-state index in [0.717, 1.165) is 6.54 Å². The zero-order valence-electron chi connectivity index (χ0n) is 7.59. The maximum absolute atomic E-state index is 10.7. The SMILES string of the molecule is CCC(=O)COCCN(C)C. The molecule has 3 heteroatoms. The van der Waals surface area contributed by atoms with Crippen molar-refractivity contribution in [2.45, 2.75) is 13.3 Å². The van der Waals surface area contributed by atoms with E-state index in [-0.39, 0.29) is 12.4 Å². The molecule has 0 saturated heterocycles. The number of ether oxygens (including phenoxy) is 1. The monoisotopic (exact) mass is 159 g/mol. The molecule has 0 saturated carbocycles. The van der Waals surface area contributed by atoms with E-state index in [2.05, 4.69) is 0 Å². The lowest BCUT2D eigenvalue weighted by Crippen LogP contribution is -2.19. The summed E-state index contributed by atoms with van der Waals surface area (Å²) in [4.78, 5) is 12.7. The highest BCUT2D eigenvalue weighted by Gasteiger charge is 1.97. The predicted molar refractivity (Wildman–Crippen MR) is 44.7 cm³/mol. The highest BCUT2D eigenvalue weighted by molar-refractivity contribution is 5.79. The predicted octanol–water partition coefficient (Wildman–Crippen LogP) is 0.544. The molecule has 0 unspecified atom stereocenters. The minimum absolute atomic E-state index is 0.170. The Kier molecular flexibility index (Phi) is 6.07. The van der Waals surface area contributed by atoms with Gasteiger partial charge in [-0.2, -0.15) is 0 Å². The molecule has 0 amide bonds. The molecule has 0 aromatic rings. The van der Waals surface area contributed by atoms with E-state index in [1.807, 2.05) is 25.9 Å². The third-order valence-electron chi connectivity index (χ3n) is 1.34. The molecule has 0 radical (unpaired) electrons. The molecule has 0 aromatic carbocycles. The quantitative estimate of drug-likeness (QED) is 0.530. The van der Waals surface area contributed by atoms with E-state index in [9.17, 15) is 4.79 Å². The summed E-state index contributed by atoms with van der Waals surface area (Å²) in [6.07, 6.45) is 0.571. The van der Waals surface area contributed by atoms with Gasteiger partial charge in [-0.05, 0) is 14.1 Å². The zero-order valence-corrected chi connectivity index (χ0v) is 7.59. The molecule has 3 nitrogen and oxygen atoms in total. The first kappa shape index (κ1) is 10.6. The first-order valence-corrected chi connectivity index (χ1v) is 3.91. The Bertz CT molecular complexity index is 113. The van der Waals surface area contributed by atoms with Gasteiger partial charge in [0.25, 0.3) is 0 Å². The third kappa shape index (κ3) is 7.49. The van der Waals surface area contributed by atoms with Crippen LogP contribution in [0.25, 0.3) is 0 Å². The van der Waals surface area contributed by atoms with Crippen LogP contribution in [-0.2, 0) is 9.53 Å². The number of hydrogen-bond acceptors (Lipinski definition) is 3. The van der Waals surface area contributed by atoms with Crippen LogP contribution in [0.2, 0.25) is 0 Å². The number of carbonyl (C=O) groups is 1. The Morgan fingerprint density at radius 3 is 2.55 bits per heavy atom. The van der Waals surface area contributed by atoms with Gasteiger partial charge < -0.3 is 9.64 Å². The van der Waals surface area contributed by atoms with Gasteiger partial charge in [0.2, 0.25) is 0 Å². The van der Waals surface area contributed by atoms with E-state index in [1.54, 1.807) is 0 Å². The average molecular weight is 159 g/mol. The van der Waals surface area contributed by atoms with Crippen molar-refractivity contribution >= 4 is 5.78 Å². The van der Waals surface area contributed by atoms with Crippen LogP contribution in [0, 0.1) is 0 Å². The lowest BCUT2D eigenvalue weighted by atomic mass is 10.3. The Morgan fingerprint density at radius 1 is 1.45 bits per heavy atom. The molecular weight excluding hydrogens is 142 g/mol. The van der Waals surface area contributed by atoms with E-state index < -0.39 is 0 Å². The van der Waals surface area contributed by atoms with E-state index in [4.69, 9.17) is 4.74 Å². The van der Waals surface area contributed by atoms with Gasteiger partial charge in [0.05, 0.1) is 6.61 Å². The van der Waals surface area contributed by atoms with Crippen molar-refractivity contribution in [2.24, 2.45) is 0 Å². The van der Waals surface area contributed by atoms with Crippen LogP contribution >= 0.6 is 0 Å². The Balaban J connectivity index is 3.08. The Morgan fingerprint density at radius 2 is 2.09 bits per heavy atom. The second-order valence-electron chi connectivity index (χ2n) is 2.75. The van der Waals surface area contributed by atoms with Gasteiger partial charge in [-0.25, -0.2) is 0 Å². The number of rotatable bonds is 6. The largest absolute Gasteiger partial charge is 0.372 e. The van der Waals surface area contributed by atoms with Gasteiger partial charge in [-0.15, -0.1) is 0 Å². The summed E-state index contributed by atoms with van der Waals surface area (Å²) in [5.41, 5.74) is 0. The normalized spacial score (nSPS) is 10.5. The van der Waals surface area contributed by atoms with Crippen LogP contribution < -0.4 is 0 Å². The summed E-state index contributed by atoms with van der Waals surface area (Å²) in [5, 5.41) is 0. The molecule has 0 aromatic heterocycles. The number of carbonyl (C=O) groups excluding carboxylic acids is 1. The lowest BCUT2D eigenvalue weighted by Gasteiger charge is -2.08. The molecule has 0 aliphatic heterocycles. The van der Waals surface area contributed by atoms with Gasteiger partial charge in [0.1, 0.15) is 6.61 Å². The van der Waals surface area contributed by atoms with Crippen LogP contribution in [-0.4, -0.2) is 44.5 Å². The van der Waals surface area contributed by atoms with Gasteiger partial charge in [-0.3, -0.25) is 4.79 Å². The number of ketones is 1. The van der Waals surface area contributed by atoms with Crippen molar-refractivity contribution in [1.29, 1.82) is 0 Å². The van der Waals surface area contributed by atoms with Crippen LogP contribution in [0.4, 0.5) is 0 Å². The highest BCUT2D eigenvalue weighted by Crippen LogP contribution is 1.83. The fourth-order valence-electron chi connectivity index (χ4n) is 0.535. The second kappa shape index (κ2) is 6.31. The molecule has 11 heavy (non-hydrogen) atoms. The Labute approximate surface area is 68.3 Å². The summed E-state index contributed by atoms with van der Waals surface area (Å²) in [6.45, 7) is 3.62. The summed E-state index contributed by atoms with van der Waals surface area (Å²) < 4.78 is 5.11. The topological polar surface area (TPSA) is 29.5 Å². The fraction of sp³-hybridized carbons (Fsp3) is 0.875. The zero-order chi connectivity index (χ0) is 8.69. The molecule has 0 rings (SSSR count). The lowest BCUT2D eigenvalue weighted by molar-refractivity contribution is -0.123. The van der Waals surface area contributed by atoms with Crippen LogP contribution in [0.5, 0.6) is 0 Å². The van der Waals surface area contributed by atoms with Crippen LogP contribution in [0.3, 0.4) is 0 Å². The highest BCUT2D eigenvalue weighted by atomic mass is 16.5.